The molecule has 0 radical (unpaired) electrons. The lowest BCUT2D eigenvalue weighted by atomic mass is 9.74. The van der Waals surface area contributed by atoms with Crippen molar-refractivity contribution in [2.75, 3.05) is 19.8 Å². The Bertz CT molecular complexity index is 1040. The molecule has 0 spiro atoms. The Morgan fingerprint density at radius 3 is 2.57 bits per heavy atom. The lowest BCUT2D eigenvalue weighted by molar-refractivity contribution is 0.0486. The normalized spacial score (nSPS) is 15.7. The Kier molecular flexibility index (Phi) is 5.92. The number of benzene rings is 2. The van der Waals surface area contributed by atoms with Crippen LogP contribution in [-0.2, 0) is 10.2 Å². The first-order valence-electron chi connectivity index (χ1n) is 9.82. The molecule has 1 aromatic heterocycles. The largest absolute Gasteiger partial charge is 0.381 e. The molecule has 30 heavy (non-hydrogen) atoms. The molecule has 2 heterocycles. The molecule has 0 atom stereocenters. The number of nitrogens with one attached hydrogen (secondary N) is 1. The summed E-state index contributed by atoms with van der Waals surface area (Å²) in [7, 11) is 0. The molecule has 0 unspecified atom stereocenters. The van der Waals surface area contributed by atoms with E-state index in [0.717, 1.165) is 11.1 Å². The molecule has 0 bridgehead atoms. The summed E-state index contributed by atoms with van der Waals surface area (Å²) in [6, 6.07) is 12.6. The van der Waals surface area contributed by atoms with Gasteiger partial charge in [-0.15, -0.1) is 11.3 Å². The number of carbonyl (C=O) groups excluding carboxylic acids is 1. The van der Waals surface area contributed by atoms with Crippen molar-refractivity contribution in [3.05, 3.63) is 76.3 Å². The first-order chi connectivity index (χ1) is 14.5. The molecule has 0 saturated carbocycles. The van der Waals surface area contributed by atoms with Gasteiger partial charge in [-0.3, -0.25) is 4.79 Å². The highest BCUT2D eigenvalue weighted by Gasteiger charge is 2.35. The second kappa shape index (κ2) is 8.62. The van der Waals surface area contributed by atoms with Crippen molar-refractivity contribution >= 4 is 17.2 Å². The minimum absolute atomic E-state index is 0.208. The van der Waals surface area contributed by atoms with Gasteiger partial charge in [0.2, 0.25) is 0 Å². The average molecular weight is 429 g/mol. The van der Waals surface area contributed by atoms with E-state index in [9.17, 15) is 13.6 Å². The average Bonchev–Trinajstić information content (AvgIpc) is 3.15. The molecule has 1 aliphatic heterocycles. The molecule has 7 heteroatoms. The van der Waals surface area contributed by atoms with E-state index in [1.54, 1.807) is 31.2 Å². The van der Waals surface area contributed by atoms with Gasteiger partial charge in [0.05, 0.1) is 5.69 Å². The summed E-state index contributed by atoms with van der Waals surface area (Å²) in [6.45, 7) is 3.32. The topological polar surface area (TPSA) is 51.2 Å². The van der Waals surface area contributed by atoms with Gasteiger partial charge in [-0.2, -0.15) is 0 Å². The van der Waals surface area contributed by atoms with Gasteiger partial charge in [0.1, 0.15) is 21.5 Å². The van der Waals surface area contributed by atoms with Crippen LogP contribution in [0.4, 0.5) is 8.78 Å². The number of nitrogens with zero attached hydrogens (tertiary/aromatic N) is 1. The maximum Gasteiger partial charge on any atom is 0.263 e. The summed E-state index contributed by atoms with van der Waals surface area (Å²) >= 11 is 1.28. The van der Waals surface area contributed by atoms with Crippen molar-refractivity contribution in [2.45, 2.75) is 25.2 Å². The van der Waals surface area contributed by atoms with E-state index < -0.39 is 0 Å². The maximum atomic E-state index is 13.8. The van der Waals surface area contributed by atoms with Crippen molar-refractivity contribution in [2.24, 2.45) is 0 Å². The first-order valence-corrected chi connectivity index (χ1v) is 10.6. The van der Waals surface area contributed by atoms with Crippen molar-refractivity contribution in [1.29, 1.82) is 0 Å². The molecule has 3 aromatic rings. The summed E-state index contributed by atoms with van der Waals surface area (Å²) in [5.74, 6) is -0.809. The van der Waals surface area contributed by atoms with Crippen LogP contribution >= 0.6 is 11.3 Å². The number of halogens is 2. The third kappa shape index (κ3) is 4.27. The summed E-state index contributed by atoms with van der Waals surface area (Å²) in [6.07, 6.45) is 1.42. The Balaban J connectivity index is 1.53. The van der Waals surface area contributed by atoms with Gasteiger partial charge >= 0.3 is 0 Å². The smallest absolute Gasteiger partial charge is 0.263 e. The zero-order chi connectivity index (χ0) is 21.1. The molecule has 4 rings (SSSR count). The Morgan fingerprint density at radius 1 is 1.13 bits per heavy atom. The van der Waals surface area contributed by atoms with Crippen LogP contribution in [-0.4, -0.2) is 30.6 Å². The van der Waals surface area contributed by atoms with Gasteiger partial charge in [-0.1, -0.05) is 12.1 Å². The van der Waals surface area contributed by atoms with Gasteiger partial charge in [0, 0.05) is 30.7 Å². The highest BCUT2D eigenvalue weighted by Crippen LogP contribution is 2.35. The van der Waals surface area contributed by atoms with Gasteiger partial charge in [0.15, 0.2) is 0 Å². The van der Waals surface area contributed by atoms with Crippen LogP contribution < -0.4 is 5.32 Å². The summed E-state index contributed by atoms with van der Waals surface area (Å²) < 4.78 is 32.5. The van der Waals surface area contributed by atoms with Crippen LogP contribution in [0.25, 0.3) is 10.6 Å². The van der Waals surface area contributed by atoms with Crippen LogP contribution in [0.15, 0.2) is 48.5 Å². The number of aryl methyl sites for hydroxylation is 1. The summed E-state index contributed by atoms with van der Waals surface area (Å²) in [5.41, 5.74) is 1.90. The number of carbonyl (C=O) groups is 1. The van der Waals surface area contributed by atoms with Crippen LogP contribution in [0, 0.1) is 18.6 Å². The van der Waals surface area contributed by atoms with E-state index in [1.807, 2.05) is 6.07 Å². The quantitative estimate of drug-likeness (QED) is 0.631. The van der Waals surface area contributed by atoms with Crippen LogP contribution in [0.1, 0.15) is 33.8 Å². The zero-order valence-corrected chi connectivity index (χ0v) is 17.4. The number of thiazole rings is 1. The lowest BCUT2D eigenvalue weighted by Crippen LogP contribution is -2.44. The second-order valence-corrected chi connectivity index (χ2v) is 8.53. The van der Waals surface area contributed by atoms with Gasteiger partial charge in [-0.05, 0) is 61.7 Å². The third-order valence-corrected chi connectivity index (χ3v) is 6.77. The number of aromatic nitrogens is 1. The summed E-state index contributed by atoms with van der Waals surface area (Å²) in [4.78, 5) is 17.9. The lowest BCUT2D eigenvalue weighted by Gasteiger charge is -2.38. The molecule has 1 fully saturated rings. The van der Waals surface area contributed by atoms with Gasteiger partial charge in [-0.25, -0.2) is 13.8 Å². The predicted octanol–water partition coefficient (Wildman–Crippen LogP) is 4.87. The monoisotopic (exact) mass is 428 g/mol. The van der Waals surface area contributed by atoms with Crippen molar-refractivity contribution < 1.29 is 18.3 Å². The number of rotatable bonds is 5. The Hall–Kier alpha value is -2.64. The summed E-state index contributed by atoms with van der Waals surface area (Å²) in [5, 5.41) is 3.71. The van der Waals surface area contributed by atoms with Gasteiger partial charge in [0.25, 0.3) is 5.91 Å². The number of hydrogen-bond acceptors (Lipinski definition) is 4. The fourth-order valence-electron chi connectivity index (χ4n) is 3.80. The predicted molar refractivity (Wildman–Crippen MR) is 113 cm³/mol. The Morgan fingerprint density at radius 2 is 1.87 bits per heavy atom. The van der Waals surface area contributed by atoms with E-state index in [0.29, 0.717) is 48.2 Å². The van der Waals surface area contributed by atoms with Gasteiger partial charge < -0.3 is 10.1 Å². The fraction of sp³-hybridized carbons (Fsp3) is 0.304. The second-order valence-electron chi connectivity index (χ2n) is 7.53. The highest BCUT2D eigenvalue weighted by atomic mass is 32.1. The standard InChI is InChI=1S/C23H22F2N2O2S/c1-15-20(30-22(27-15)16-5-7-18(24)8-6-16)21(28)26-14-23(9-11-29-12-10-23)17-3-2-4-19(25)13-17/h2-8,13H,9-12,14H2,1H3,(H,26,28). The van der Waals surface area contributed by atoms with Crippen LogP contribution in [0.3, 0.4) is 0 Å². The SMILES string of the molecule is Cc1nc(-c2ccc(F)cc2)sc1C(=O)NCC1(c2cccc(F)c2)CCOCC1. The molecular formula is C23H22F2N2O2S. The van der Waals surface area contributed by atoms with E-state index >= 15 is 0 Å². The van der Waals surface area contributed by atoms with Crippen molar-refractivity contribution in [3.8, 4) is 10.6 Å². The molecule has 1 saturated heterocycles. The highest BCUT2D eigenvalue weighted by molar-refractivity contribution is 7.17. The molecule has 1 amide bonds. The molecule has 2 aromatic carbocycles. The third-order valence-electron chi connectivity index (χ3n) is 5.57. The Labute approximate surface area is 177 Å². The van der Waals surface area contributed by atoms with E-state index in [1.165, 1.54) is 29.5 Å². The molecular weight excluding hydrogens is 406 g/mol. The van der Waals surface area contributed by atoms with Crippen molar-refractivity contribution in [1.82, 2.24) is 10.3 Å². The zero-order valence-electron chi connectivity index (χ0n) is 16.6. The van der Waals surface area contributed by atoms with E-state index in [4.69, 9.17) is 4.74 Å². The van der Waals surface area contributed by atoms with Crippen LogP contribution in [0.5, 0.6) is 0 Å². The molecule has 1 N–H and O–H groups in total. The first kappa shape index (κ1) is 20.6. The molecule has 156 valence electrons. The maximum absolute atomic E-state index is 13.8. The van der Waals surface area contributed by atoms with E-state index in [-0.39, 0.29) is 23.0 Å². The van der Waals surface area contributed by atoms with E-state index in [2.05, 4.69) is 10.3 Å². The van der Waals surface area contributed by atoms with Crippen molar-refractivity contribution in [3.63, 3.8) is 0 Å². The number of ether oxygens (including phenoxy) is 1. The van der Waals surface area contributed by atoms with Crippen LogP contribution in [0.2, 0.25) is 0 Å². The molecule has 4 nitrogen and oxygen atoms in total. The fourth-order valence-corrected chi connectivity index (χ4v) is 4.79. The molecule has 1 aliphatic rings. The molecule has 0 aliphatic carbocycles. The number of amides is 1. The minimum Gasteiger partial charge on any atom is -0.381 e. The number of hydrogen-bond donors (Lipinski definition) is 1. The minimum atomic E-state index is -0.367.